The van der Waals surface area contributed by atoms with Crippen molar-refractivity contribution in [3.63, 3.8) is 0 Å². The topological polar surface area (TPSA) is 67.8 Å². The Labute approximate surface area is 161 Å². The van der Waals surface area contributed by atoms with Gasteiger partial charge in [-0.25, -0.2) is 15.0 Å². The number of nitrogens with zero attached hydrogens (tertiary/aromatic N) is 3. The van der Waals surface area contributed by atoms with Crippen LogP contribution in [0.15, 0.2) is 30.5 Å². The van der Waals surface area contributed by atoms with Crippen molar-refractivity contribution in [3.8, 4) is 11.1 Å². The van der Waals surface area contributed by atoms with E-state index in [1.807, 2.05) is 26.8 Å². The fraction of sp³-hybridized carbons (Fsp3) is 0.263. The molecule has 0 aliphatic heterocycles. The molecule has 0 atom stereocenters. The van der Waals surface area contributed by atoms with E-state index in [4.69, 9.17) is 23.2 Å². The first-order valence-electron chi connectivity index (χ1n) is 8.07. The first-order valence-corrected chi connectivity index (χ1v) is 8.82. The normalized spacial score (nSPS) is 11.6. The summed E-state index contributed by atoms with van der Waals surface area (Å²) in [5.74, 6) is 0.798. The second-order valence-electron chi connectivity index (χ2n) is 7.02. The van der Waals surface area contributed by atoms with Crippen molar-refractivity contribution in [3.05, 3.63) is 46.3 Å². The van der Waals surface area contributed by atoms with Crippen LogP contribution >= 0.6 is 23.2 Å². The second kappa shape index (κ2) is 6.82. The number of anilines is 1. The van der Waals surface area contributed by atoms with Crippen molar-refractivity contribution in [2.45, 2.75) is 27.7 Å². The SMILES string of the molecule is Cc1ncc2cc(-c3c(Cl)cccc3Cl)c(NC(=O)C(C)(C)C)nc2n1. The highest BCUT2D eigenvalue weighted by atomic mass is 35.5. The third kappa shape index (κ3) is 3.64. The summed E-state index contributed by atoms with van der Waals surface area (Å²) in [4.78, 5) is 25.6. The van der Waals surface area contributed by atoms with Crippen LogP contribution in [0.3, 0.4) is 0 Å². The zero-order valence-corrected chi connectivity index (χ0v) is 16.4. The van der Waals surface area contributed by atoms with E-state index in [1.165, 1.54) is 0 Å². The molecule has 26 heavy (non-hydrogen) atoms. The molecule has 0 saturated carbocycles. The Balaban J connectivity index is 2.27. The van der Waals surface area contributed by atoms with Crippen LogP contribution < -0.4 is 5.32 Å². The summed E-state index contributed by atoms with van der Waals surface area (Å²) < 4.78 is 0. The monoisotopic (exact) mass is 388 g/mol. The van der Waals surface area contributed by atoms with E-state index < -0.39 is 5.41 Å². The van der Waals surface area contributed by atoms with Crippen LogP contribution in [0.25, 0.3) is 22.2 Å². The van der Waals surface area contributed by atoms with Gasteiger partial charge in [0.2, 0.25) is 5.91 Å². The molecule has 0 spiro atoms. The van der Waals surface area contributed by atoms with Gasteiger partial charge in [-0.3, -0.25) is 4.79 Å². The number of hydrogen-bond donors (Lipinski definition) is 1. The molecule has 3 rings (SSSR count). The molecule has 0 aliphatic rings. The zero-order valence-electron chi connectivity index (χ0n) is 14.9. The molecule has 0 bridgehead atoms. The Morgan fingerprint density at radius 2 is 1.77 bits per heavy atom. The number of fused-ring (bicyclic) bond motifs is 1. The van der Waals surface area contributed by atoms with Crippen LogP contribution in [0.5, 0.6) is 0 Å². The van der Waals surface area contributed by atoms with Gasteiger partial charge in [0.05, 0.1) is 10.0 Å². The van der Waals surface area contributed by atoms with Crippen LogP contribution in [0.1, 0.15) is 26.6 Å². The average Bonchev–Trinajstić information content (AvgIpc) is 2.54. The van der Waals surface area contributed by atoms with E-state index in [0.29, 0.717) is 38.5 Å². The summed E-state index contributed by atoms with van der Waals surface area (Å²) in [5.41, 5.74) is 1.14. The largest absolute Gasteiger partial charge is 0.310 e. The standard InChI is InChI=1S/C19H18Cl2N4O/c1-10-22-9-11-8-12(15-13(20)6-5-7-14(15)21)17(24-16(11)23-10)25-18(26)19(2,3)4/h5-9H,1-4H3,(H,22,23,24,25,26). The molecule has 1 amide bonds. The van der Waals surface area contributed by atoms with Crippen molar-refractivity contribution >= 4 is 46.0 Å². The first kappa shape index (κ1) is 18.5. The average molecular weight is 389 g/mol. The van der Waals surface area contributed by atoms with Gasteiger partial charge in [-0.05, 0) is 25.1 Å². The summed E-state index contributed by atoms with van der Waals surface area (Å²) in [5, 5.41) is 4.56. The summed E-state index contributed by atoms with van der Waals surface area (Å²) in [6.07, 6.45) is 1.69. The van der Waals surface area contributed by atoms with Crippen molar-refractivity contribution in [2.24, 2.45) is 5.41 Å². The fourth-order valence-electron chi connectivity index (χ4n) is 2.38. The molecule has 2 heterocycles. The third-order valence-corrected chi connectivity index (χ3v) is 4.46. The summed E-state index contributed by atoms with van der Waals surface area (Å²) in [6.45, 7) is 7.28. The van der Waals surface area contributed by atoms with E-state index in [1.54, 1.807) is 31.3 Å². The molecule has 5 nitrogen and oxygen atoms in total. The minimum atomic E-state index is -0.584. The van der Waals surface area contributed by atoms with Crippen molar-refractivity contribution in [2.75, 3.05) is 5.32 Å². The van der Waals surface area contributed by atoms with Crippen molar-refractivity contribution in [1.82, 2.24) is 15.0 Å². The number of halogens is 2. The van der Waals surface area contributed by atoms with Gasteiger partial charge in [0.15, 0.2) is 5.65 Å². The Morgan fingerprint density at radius 3 is 2.38 bits per heavy atom. The van der Waals surface area contributed by atoms with E-state index >= 15 is 0 Å². The highest BCUT2D eigenvalue weighted by Gasteiger charge is 2.24. The summed E-state index contributed by atoms with van der Waals surface area (Å²) >= 11 is 12.8. The maximum Gasteiger partial charge on any atom is 0.230 e. The van der Waals surface area contributed by atoms with Gasteiger partial charge in [0, 0.05) is 28.1 Å². The van der Waals surface area contributed by atoms with Crippen molar-refractivity contribution < 1.29 is 4.79 Å². The molecule has 3 aromatic rings. The summed E-state index contributed by atoms with van der Waals surface area (Å²) in [6, 6.07) is 7.09. The lowest BCUT2D eigenvalue weighted by atomic mass is 9.95. The number of aryl methyl sites for hydroxylation is 1. The van der Waals surface area contributed by atoms with Gasteiger partial charge >= 0.3 is 0 Å². The Kier molecular flexibility index (Phi) is 4.86. The second-order valence-corrected chi connectivity index (χ2v) is 7.83. The van der Waals surface area contributed by atoms with Crippen LogP contribution in [0, 0.1) is 12.3 Å². The minimum absolute atomic E-state index is 0.167. The minimum Gasteiger partial charge on any atom is -0.310 e. The van der Waals surface area contributed by atoms with E-state index in [-0.39, 0.29) is 5.91 Å². The van der Waals surface area contributed by atoms with E-state index in [2.05, 4.69) is 20.3 Å². The van der Waals surface area contributed by atoms with Crippen LogP contribution in [0.2, 0.25) is 10.0 Å². The van der Waals surface area contributed by atoms with Crippen LogP contribution in [-0.4, -0.2) is 20.9 Å². The van der Waals surface area contributed by atoms with Gasteiger partial charge in [0.1, 0.15) is 11.6 Å². The molecule has 134 valence electrons. The number of carbonyl (C=O) groups is 1. The van der Waals surface area contributed by atoms with Crippen molar-refractivity contribution in [1.29, 1.82) is 0 Å². The van der Waals surface area contributed by atoms with Gasteiger partial charge < -0.3 is 5.32 Å². The molecule has 1 N–H and O–H groups in total. The number of amides is 1. The Hall–Kier alpha value is -2.24. The molecule has 0 radical (unpaired) electrons. The lowest BCUT2D eigenvalue weighted by Gasteiger charge is -2.20. The van der Waals surface area contributed by atoms with Gasteiger partial charge in [-0.1, -0.05) is 50.0 Å². The van der Waals surface area contributed by atoms with Crippen LogP contribution in [-0.2, 0) is 4.79 Å². The number of carbonyl (C=O) groups excluding carboxylic acids is 1. The third-order valence-electron chi connectivity index (χ3n) is 3.83. The Bertz CT molecular complexity index is 992. The molecule has 7 heteroatoms. The first-order chi connectivity index (χ1) is 12.2. The Morgan fingerprint density at radius 1 is 1.12 bits per heavy atom. The molecule has 2 aromatic heterocycles. The maximum absolute atomic E-state index is 12.5. The lowest BCUT2D eigenvalue weighted by Crippen LogP contribution is -2.28. The molecule has 0 unspecified atom stereocenters. The van der Waals surface area contributed by atoms with Crippen LogP contribution in [0.4, 0.5) is 5.82 Å². The number of rotatable bonds is 2. The van der Waals surface area contributed by atoms with Gasteiger partial charge in [-0.15, -0.1) is 0 Å². The molecular weight excluding hydrogens is 371 g/mol. The highest BCUT2D eigenvalue weighted by molar-refractivity contribution is 6.39. The highest BCUT2D eigenvalue weighted by Crippen LogP contribution is 2.39. The quantitative estimate of drug-likeness (QED) is 0.647. The van der Waals surface area contributed by atoms with Gasteiger partial charge in [-0.2, -0.15) is 0 Å². The predicted octanol–water partition coefficient (Wildman–Crippen LogP) is 5.29. The van der Waals surface area contributed by atoms with Gasteiger partial charge in [0.25, 0.3) is 0 Å². The fourth-order valence-corrected chi connectivity index (χ4v) is 2.99. The summed E-state index contributed by atoms with van der Waals surface area (Å²) in [7, 11) is 0. The lowest BCUT2D eigenvalue weighted by molar-refractivity contribution is -0.123. The number of benzene rings is 1. The maximum atomic E-state index is 12.5. The molecule has 1 aromatic carbocycles. The number of aromatic nitrogens is 3. The zero-order chi connectivity index (χ0) is 19.1. The number of pyridine rings is 1. The number of nitrogens with one attached hydrogen (secondary N) is 1. The molecule has 0 aliphatic carbocycles. The number of hydrogen-bond acceptors (Lipinski definition) is 4. The molecule has 0 saturated heterocycles. The smallest absolute Gasteiger partial charge is 0.230 e. The predicted molar refractivity (Wildman–Crippen MR) is 106 cm³/mol. The van der Waals surface area contributed by atoms with E-state index in [9.17, 15) is 4.79 Å². The molecular formula is C19H18Cl2N4O. The molecule has 0 fully saturated rings. The van der Waals surface area contributed by atoms with E-state index in [0.717, 1.165) is 5.39 Å².